The van der Waals surface area contributed by atoms with Gasteiger partial charge in [-0.1, -0.05) is 49.0 Å². The number of ether oxygens (including phenoxy) is 2. The van der Waals surface area contributed by atoms with Crippen LogP contribution >= 0.6 is 0 Å². The van der Waals surface area contributed by atoms with Crippen molar-refractivity contribution in [3.05, 3.63) is 89.5 Å². The van der Waals surface area contributed by atoms with Crippen LogP contribution in [0.25, 0.3) is 5.76 Å². The van der Waals surface area contributed by atoms with Gasteiger partial charge in [0.1, 0.15) is 17.3 Å². The largest absolute Gasteiger partial charge is 0.466 e. The highest BCUT2D eigenvalue weighted by molar-refractivity contribution is 6.00. The van der Waals surface area contributed by atoms with Gasteiger partial charge in [0, 0.05) is 5.56 Å². The SMILES string of the molecule is C=C1OC(c2ccccc2)=C(C(=O)OC)[C@H]1c1ccc(F)cc1. The fourth-order valence-electron chi connectivity index (χ4n) is 2.67. The lowest BCUT2D eigenvalue weighted by molar-refractivity contribution is -0.136. The van der Waals surface area contributed by atoms with Crippen molar-refractivity contribution in [1.29, 1.82) is 0 Å². The zero-order valence-electron chi connectivity index (χ0n) is 12.6. The zero-order valence-corrected chi connectivity index (χ0v) is 12.6. The summed E-state index contributed by atoms with van der Waals surface area (Å²) < 4.78 is 23.9. The van der Waals surface area contributed by atoms with Crippen LogP contribution in [0.15, 0.2) is 72.5 Å². The van der Waals surface area contributed by atoms with E-state index >= 15 is 0 Å². The van der Waals surface area contributed by atoms with Gasteiger partial charge >= 0.3 is 5.97 Å². The van der Waals surface area contributed by atoms with Crippen LogP contribution in [0.5, 0.6) is 0 Å². The smallest absolute Gasteiger partial charge is 0.338 e. The first-order valence-electron chi connectivity index (χ1n) is 7.12. The topological polar surface area (TPSA) is 35.5 Å². The normalized spacial score (nSPS) is 17.1. The van der Waals surface area contributed by atoms with E-state index in [0.717, 1.165) is 11.1 Å². The van der Waals surface area contributed by atoms with Gasteiger partial charge < -0.3 is 9.47 Å². The van der Waals surface area contributed by atoms with E-state index in [1.54, 1.807) is 12.1 Å². The van der Waals surface area contributed by atoms with Crippen LogP contribution in [0.2, 0.25) is 0 Å². The average Bonchev–Trinajstić information content (AvgIpc) is 2.93. The van der Waals surface area contributed by atoms with E-state index in [9.17, 15) is 9.18 Å². The summed E-state index contributed by atoms with van der Waals surface area (Å²) in [6.45, 7) is 3.91. The molecule has 3 rings (SSSR count). The summed E-state index contributed by atoms with van der Waals surface area (Å²) in [7, 11) is 1.32. The molecule has 0 amide bonds. The van der Waals surface area contributed by atoms with Crippen molar-refractivity contribution in [3.8, 4) is 0 Å². The molecule has 116 valence electrons. The minimum absolute atomic E-state index is 0.342. The molecular weight excluding hydrogens is 295 g/mol. The second kappa shape index (κ2) is 6.08. The number of carbonyl (C=O) groups is 1. The van der Waals surface area contributed by atoms with E-state index in [1.165, 1.54) is 19.2 Å². The molecule has 0 saturated heterocycles. The van der Waals surface area contributed by atoms with Crippen LogP contribution in [-0.4, -0.2) is 13.1 Å². The molecule has 3 nitrogen and oxygen atoms in total. The summed E-state index contributed by atoms with van der Waals surface area (Å²) in [5, 5.41) is 0. The first kappa shape index (κ1) is 15.0. The van der Waals surface area contributed by atoms with E-state index in [1.807, 2.05) is 30.3 Å². The van der Waals surface area contributed by atoms with Crippen molar-refractivity contribution in [1.82, 2.24) is 0 Å². The van der Waals surface area contributed by atoms with E-state index in [4.69, 9.17) is 9.47 Å². The van der Waals surface area contributed by atoms with Gasteiger partial charge in [-0.3, -0.25) is 0 Å². The number of carbonyl (C=O) groups excluding carboxylic acids is 1. The lowest BCUT2D eigenvalue weighted by Crippen LogP contribution is -2.12. The van der Waals surface area contributed by atoms with Crippen LogP contribution in [0.4, 0.5) is 4.39 Å². The fourth-order valence-corrected chi connectivity index (χ4v) is 2.67. The number of halogens is 1. The standard InChI is InChI=1S/C19H15FO3/c1-12-16(13-8-10-15(20)11-9-13)17(19(21)22-2)18(23-12)14-6-4-3-5-7-14/h3-11,16H,1H2,2H3/t16-/m1/s1. The number of hydrogen-bond donors (Lipinski definition) is 0. The number of allylic oxidation sites excluding steroid dienone is 1. The zero-order chi connectivity index (χ0) is 16.4. The predicted molar refractivity (Wildman–Crippen MR) is 84.7 cm³/mol. The van der Waals surface area contributed by atoms with Gasteiger partial charge in [0.25, 0.3) is 0 Å². The van der Waals surface area contributed by atoms with Crippen molar-refractivity contribution in [2.45, 2.75) is 5.92 Å². The lowest BCUT2D eigenvalue weighted by Gasteiger charge is -2.12. The number of hydrogen-bond acceptors (Lipinski definition) is 3. The van der Waals surface area contributed by atoms with E-state index in [2.05, 4.69) is 6.58 Å². The Morgan fingerprint density at radius 3 is 2.39 bits per heavy atom. The third-order valence-electron chi connectivity index (χ3n) is 3.73. The summed E-state index contributed by atoms with van der Waals surface area (Å²) in [6.07, 6.45) is 0. The summed E-state index contributed by atoms with van der Waals surface area (Å²) in [4.78, 5) is 12.3. The molecule has 1 heterocycles. The lowest BCUT2D eigenvalue weighted by atomic mass is 9.89. The molecule has 0 fully saturated rings. The molecule has 23 heavy (non-hydrogen) atoms. The Balaban J connectivity index is 2.14. The van der Waals surface area contributed by atoms with Gasteiger partial charge in [0.2, 0.25) is 0 Å². The summed E-state index contributed by atoms with van der Waals surface area (Å²) in [6, 6.07) is 15.2. The highest BCUT2D eigenvalue weighted by atomic mass is 19.1. The van der Waals surface area contributed by atoms with Crippen LogP contribution in [0.1, 0.15) is 17.0 Å². The van der Waals surface area contributed by atoms with E-state index in [-0.39, 0.29) is 5.82 Å². The maximum absolute atomic E-state index is 13.2. The Morgan fingerprint density at radius 2 is 1.78 bits per heavy atom. The monoisotopic (exact) mass is 310 g/mol. The Labute approximate surface area is 133 Å². The highest BCUT2D eigenvalue weighted by Crippen LogP contribution is 2.45. The quantitative estimate of drug-likeness (QED) is 0.803. The van der Waals surface area contributed by atoms with Crippen molar-refractivity contribution >= 4 is 11.7 Å². The molecule has 1 aliphatic heterocycles. The van der Waals surface area contributed by atoms with Crippen LogP contribution in [0.3, 0.4) is 0 Å². The molecule has 0 spiro atoms. The average molecular weight is 310 g/mol. The fraction of sp³-hybridized carbons (Fsp3) is 0.105. The Morgan fingerprint density at radius 1 is 1.13 bits per heavy atom. The molecule has 2 aromatic carbocycles. The molecule has 0 saturated carbocycles. The van der Waals surface area contributed by atoms with Gasteiger partial charge in [-0.25, -0.2) is 9.18 Å². The second-order valence-electron chi connectivity index (χ2n) is 5.15. The number of rotatable bonds is 3. The Hall–Kier alpha value is -2.88. The number of esters is 1. The van der Waals surface area contributed by atoms with Crippen LogP contribution < -0.4 is 0 Å². The molecule has 0 N–H and O–H groups in total. The molecular formula is C19H15FO3. The molecule has 0 aromatic heterocycles. The van der Waals surface area contributed by atoms with Gasteiger partial charge in [0.15, 0.2) is 0 Å². The van der Waals surface area contributed by atoms with Gasteiger partial charge in [-0.15, -0.1) is 0 Å². The van der Waals surface area contributed by atoms with Crippen molar-refractivity contribution in [2.75, 3.05) is 7.11 Å². The van der Waals surface area contributed by atoms with Crippen molar-refractivity contribution < 1.29 is 18.7 Å². The number of methoxy groups -OCH3 is 1. The summed E-state index contributed by atoms with van der Waals surface area (Å²) in [5.41, 5.74) is 1.86. The predicted octanol–water partition coefficient (Wildman–Crippen LogP) is 4.04. The molecule has 2 aromatic rings. The summed E-state index contributed by atoms with van der Waals surface area (Å²) in [5.74, 6) is -0.479. The molecule has 0 aliphatic carbocycles. The Bertz CT molecular complexity index is 776. The van der Waals surface area contributed by atoms with Gasteiger partial charge in [-0.2, -0.15) is 0 Å². The first-order valence-corrected chi connectivity index (χ1v) is 7.12. The summed E-state index contributed by atoms with van der Waals surface area (Å²) >= 11 is 0. The second-order valence-corrected chi connectivity index (χ2v) is 5.15. The van der Waals surface area contributed by atoms with Crippen LogP contribution in [-0.2, 0) is 14.3 Å². The molecule has 1 atom stereocenters. The van der Waals surface area contributed by atoms with Crippen molar-refractivity contribution in [2.24, 2.45) is 0 Å². The maximum Gasteiger partial charge on any atom is 0.338 e. The third kappa shape index (κ3) is 2.75. The molecule has 0 bridgehead atoms. The van der Waals surface area contributed by atoms with E-state index in [0.29, 0.717) is 17.1 Å². The third-order valence-corrected chi connectivity index (χ3v) is 3.73. The molecule has 4 heteroatoms. The minimum Gasteiger partial charge on any atom is -0.466 e. The first-order chi connectivity index (χ1) is 11.1. The molecule has 0 radical (unpaired) electrons. The Kier molecular flexibility index (Phi) is 3.98. The molecule has 1 aliphatic rings. The van der Waals surface area contributed by atoms with Gasteiger partial charge in [0.05, 0.1) is 18.6 Å². The number of benzene rings is 2. The van der Waals surface area contributed by atoms with Crippen LogP contribution in [0, 0.1) is 5.82 Å². The minimum atomic E-state index is -0.489. The van der Waals surface area contributed by atoms with Crippen molar-refractivity contribution in [3.63, 3.8) is 0 Å². The molecule has 0 unspecified atom stereocenters. The van der Waals surface area contributed by atoms with Gasteiger partial charge in [-0.05, 0) is 17.7 Å². The van der Waals surface area contributed by atoms with E-state index < -0.39 is 11.9 Å². The maximum atomic E-state index is 13.2. The highest BCUT2D eigenvalue weighted by Gasteiger charge is 2.38.